The van der Waals surface area contributed by atoms with Gasteiger partial charge in [0.25, 0.3) is 0 Å². The van der Waals surface area contributed by atoms with E-state index in [-0.39, 0.29) is 0 Å². The first-order valence-corrected chi connectivity index (χ1v) is 13.6. The molecule has 41 heavy (non-hydrogen) atoms. The van der Waals surface area contributed by atoms with Crippen LogP contribution in [0.15, 0.2) is 109 Å². The average Bonchev–Trinajstić information content (AvgIpc) is 2.99. The Morgan fingerprint density at radius 1 is 0.561 bits per heavy atom. The number of hydrogen-bond donors (Lipinski definition) is 0. The summed E-state index contributed by atoms with van der Waals surface area (Å²) in [6.45, 7) is 12.0. The normalized spacial score (nSPS) is 10.7. The molecule has 4 aromatic rings. The smallest absolute Gasteiger partial charge is 0.338 e. The standard InChI is InChI=1S/C39H32O2/c1-28(2)30(5)37-24-20-35(21-25-37)18-16-33-12-8-31(9-13-33)6-7-32-10-14-34(15-11-32)17-19-36-22-26-38(27-23-36)41-39(40)29(3)4/h8-15,20-28,30H,3H2,1-2,4-5H3. The van der Waals surface area contributed by atoms with Crippen molar-refractivity contribution < 1.29 is 9.53 Å². The van der Waals surface area contributed by atoms with Gasteiger partial charge in [0.2, 0.25) is 0 Å². The average molecular weight is 533 g/mol. The summed E-state index contributed by atoms with van der Waals surface area (Å²) in [5, 5.41) is 0. The van der Waals surface area contributed by atoms with Gasteiger partial charge in [0.1, 0.15) is 5.75 Å². The van der Waals surface area contributed by atoms with Gasteiger partial charge in [-0.15, -0.1) is 0 Å². The number of esters is 1. The third kappa shape index (κ3) is 8.63. The van der Waals surface area contributed by atoms with Crippen LogP contribution in [0.4, 0.5) is 0 Å². The Labute approximate surface area is 244 Å². The molecule has 0 saturated carbocycles. The second-order valence-corrected chi connectivity index (χ2v) is 10.3. The van der Waals surface area contributed by atoms with E-state index in [0.717, 1.165) is 33.4 Å². The molecule has 1 unspecified atom stereocenters. The zero-order valence-electron chi connectivity index (χ0n) is 23.9. The molecule has 0 aliphatic heterocycles. The quantitative estimate of drug-likeness (QED) is 0.115. The van der Waals surface area contributed by atoms with Gasteiger partial charge in [-0.05, 0) is 109 Å². The molecule has 2 heteroatoms. The Hall–Kier alpha value is -5.23. The van der Waals surface area contributed by atoms with E-state index in [1.807, 2.05) is 60.7 Å². The molecule has 0 aliphatic carbocycles. The minimum Gasteiger partial charge on any atom is -0.423 e. The van der Waals surface area contributed by atoms with Crippen molar-refractivity contribution in [3.8, 4) is 41.3 Å². The van der Waals surface area contributed by atoms with Gasteiger partial charge in [0.05, 0.1) is 0 Å². The van der Waals surface area contributed by atoms with Crippen molar-refractivity contribution in [3.63, 3.8) is 0 Å². The highest BCUT2D eigenvalue weighted by molar-refractivity contribution is 5.88. The van der Waals surface area contributed by atoms with Crippen LogP contribution in [0.25, 0.3) is 0 Å². The summed E-state index contributed by atoms with van der Waals surface area (Å²) in [6.07, 6.45) is 0. The molecule has 1 atom stereocenters. The molecule has 0 spiro atoms. The van der Waals surface area contributed by atoms with E-state index < -0.39 is 5.97 Å². The molecule has 0 N–H and O–H groups in total. The fourth-order valence-electron chi connectivity index (χ4n) is 3.76. The van der Waals surface area contributed by atoms with Crippen LogP contribution < -0.4 is 4.74 Å². The van der Waals surface area contributed by atoms with Gasteiger partial charge < -0.3 is 4.74 Å². The van der Waals surface area contributed by atoms with Crippen LogP contribution in [-0.2, 0) is 4.79 Å². The fourth-order valence-corrected chi connectivity index (χ4v) is 3.76. The van der Waals surface area contributed by atoms with Gasteiger partial charge in [-0.3, -0.25) is 0 Å². The third-order valence-electron chi connectivity index (χ3n) is 6.67. The van der Waals surface area contributed by atoms with Crippen LogP contribution in [0.1, 0.15) is 72.6 Å². The first kappa shape index (κ1) is 28.8. The Bertz CT molecular complexity index is 1700. The van der Waals surface area contributed by atoms with Crippen molar-refractivity contribution >= 4 is 5.97 Å². The van der Waals surface area contributed by atoms with E-state index in [1.54, 1.807) is 19.1 Å². The molecule has 0 aliphatic rings. The summed E-state index contributed by atoms with van der Waals surface area (Å²) < 4.78 is 5.20. The maximum Gasteiger partial charge on any atom is 0.338 e. The number of carbonyl (C=O) groups excluding carboxylic acids is 1. The lowest BCUT2D eigenvalue weighted by Gasteiger charge is -2.15. The summed E-state index contributed by atoms with van der Waals surface area (Å²) in [5.41, 5.74) is 7.24. The second-order valence-electron chi connectivity index (χ2n) is 10.3. The van der Waals surface area contributed by atoms with Crippen LogP contribution in [0, 0.1) is 41.4 Å². The van der Waals surface area contributed by atoms with Crippen LogP contribution in [-0.4, -0.2) is 5.97 Å². The molecule has 0 heterocycles. The molecule has 0 radical (unpaired) electrons. The maximum absolute atomic E-state index is 11.6. The number of carbonyl (C=O) groups is 1. The highest BCUT2D eigenvalue weighted by Gasteiger charge is 2.09. The molecule has 0 fully saturated rings. The van der Waals surface area contributed by atoms with Crippen molar-refractivity contribution in [2.75, 3.05) is 0 Å². The molecule has 0 saturated heterocycles. The largest absolute Gasteiger partial charge is 0.423 e. The zero-order valence-corrected chi connectivity index (χ0v) is 23.9. The van der Waals surface area contributed by atoms with E-state index in [2.05, 4.69) is 87.1 Å². The molecule has 0 bridgehead atoms. The lowest BCUT2D eigenvalue weighted by molar-refractivity contribution is -0.130. The number of hydrogen-bond acceptors (Lipinski definition) is 2. The molecule has 0 aromatic heterocycles. The van der Waals surface area contributed by atoms with E-state index >= 15 is 0 Å². The van der Waals surface area contributed by atoms with Crippen molar-refractivity contribution in [3.05, 3.63) is 148 Å². The molecule has 4 aromatic carbocycles. The molecule has 2 nitrogen and oxygen atoms in total. The summed E-state index contributed by atoms with van der Waals surface area (Å²) >= 11 is 0. The minimum absolute atomic E-state index is 0.356. The van der Waals surface area contributed by atoms with E-state index in [4.69, 9.17) is 4.74 Å². The molecular weight excluding hydrogens is 500 g/mol. The van der Waals surface area contributed by atoms with Gasteiger partial charge in [0, 0.05) is 39.0 Å². The minimum atomic E-state index is -0.442. The van der Waals surface area contributed by atoms with E-state index in [9.17, 15) is 4.79 Å². The van der Waals surface area contributed by atoms with Crippen LogP contribution in [0.5, 0.6) is 5.75 Å². The molecule has 0 amide bonds. The third-order valence-corrected chi connectivity index (χ3v) is 6.67. The van der Waals surface area contributed by atoms with Gasteiger partial charge in [-0.1, -0.05) is 75.0 Å². The van der Waals surface area contributed by atoms with E-state index in [1.165, 1.54) is 5.56 Å². The molecule has 4 rings (SSSR count). The van der Waals surface area contributed by atoms with Crippen molar-refractivity contribution in [1.82, 2.24) is 0 Å². The van der Waals surface area contributed by atoms with Crippen molar-refractivity contribution in [1.29, 1.82) is 0 Å². The predicted octanol–water partition coefficient (Wildman–Crippen LogP) is 8.13. The SMILES string of the molecule is C=C(C)C(=O)Oc1ccc(C#Cc2ccc(C#Cc3ccc(C#Cc4ccc(C(C)C(C)C)cc4)cc3)cc2)cc1. The lowest BCUT2D eigenvalue weighted by Crippen LogP contribution is -2.07. The van der Waals surface area contributed by atoms with Gasteiger partial charge >= 0.3 is 5.97 Å². The second kappa shape index (κ2) is 13.7. The lowest BCUT2D eigenvalue weighted by atomic mass is 9.90. The highest BCUT2D eigenvalue weighted by Crippen LogP contribution is 2.23. The van der Waals surface area contributed by atoms with Gasteiger partial charge in [0.15, 0.2) is 0 Å². The Kier molecular flexibility index (Phi) is 9.62. The topological polar surface area (TPSA) is 26.3 Å². The van der Waals surface area contributed by atoms with Crippen LogP contribution >= 0.6 is 0 Å². The Balaban J connectivity index is 1.34. The summed E-state index contributed by atoms with van der Waals surface area (Å²) in [6, 6.07) is 31.4. The highest BCUT2D eigenvalue weighted by atomic mass is 16.5. The first-order valence-electron chi connectivity index (χ1n) is 13.6. The Morgan fingerprint density at radius 2 is 0.854 bits per heavy atom. The molecule has 200 valence electrons. The molecular formula is C39H32O2. The Morgan fingerprint density at radius 3 is 1.15 bits per heavy atom. The number of benzene rings is 4. The van der Waals surface area contributed by atoms with Gasteiger partial charge in [-0.25, -0.2) is 4.79 Å². The maximum atomic E-state index is 11.6. The van der Waals surface area contributed by atoms with Crippen molar-refractivity contribution in [2.45, 2.75) is 33.6 Å². The first-order chi connectivity index (χ1) is 19.8. The number of rotatable bonds is 4. The summed E-state index contributed by atoms with van der Waals surface area (Å²) in [7, 11) is 0. The van der Waals surface area contributed by atoms with Crippen LogP contribution in [0.2, 0.25) is 0 Å². The fraction of sp³-hybridized carbons (Fsp3) is 0.154. The van der Waals surface area contributed by atoms with Gasteiger partial charge in [-0.2, -0.15) is 0 Å². The van der Waals surface area contributed by atoms with Crippen LogP contribution in [0.3, 0.4) is 0 Å². The summed E-state index contributed by atoms with van der Waals surface area (Å²) in [5.74, 6) is 20.4. The number of ether oxygens (including phenoxy) is 1. The monoisotopic (exact) mass is 532 g/mol. The van der Waals surface area contributed by atoms with Crippen molar-refractivity contribution in [2.24, 2.45) is 5.92 Å². The predicted molar refractivity (Wildman–Crippen MR) is 167 cm³/mol. The zero-order chi connectivity index (χ0) is 29.2. The summed E-state index contributed by atoms with van der Waals surface area (Å²) in [4.78, 5) is 11.6. The van der Waals surface area contributed by atoms with E-state index in [0.29, 0.717) is 23.2 Å².